The third kappa shape index (κ3) is 6.79. The van der Waals surface area contributed by atoms with Gasteiger partial charge in [-0.25, -0.2) is 0 Å². The molecule has 8 heteroatoms. The summed E-state index contributed by atoms with van der Waals surface area (Å²) in [6.45, 7) is 0.734. The van der Waals surface area contributed by atoms with Gasteiger partial charge < -0.3 is 19.5 Å². The number of hydrogen-bond acceptors (Lipinski definition) is 7. The maximum absolute atomic E-state index is 12.4. The molecular formula is C22H25N3O5. The van der Waals surface area contributed by atoms with E-state index in [9.17, 15) is 9.59 Å². The SMILES string of the molecule is COC(=O)CN(CCC(=O)Nc1ccccc1C#N)Cc1cc(OC)cc(OC)c1. The van der Waals surface area contributed by atoms with E-state index in [0.29, 0.717) is 35.8 Å². The minimum Gasteiger partial charge on any atom is -0.497 e. The molecule has 0 heterocycles. The van der Waals surface area contributed by atoms with Gasteiger partial charge in [0.15, 0.2) is 0 Å². The van der Waals surface area contributed by atoms with Gasteiger partial charge >= 0.3 is 5.97 Å². The number of rotatable bonds is 10. The zero-order valence-corrected chi connectivity index (χ0v) is 17.3. The molecule has 1 amide bonds. The van der Waals surface area contributed by atoms with Crippen LogP contribution < -0.4 is 14.8 Å². The van der Waals surface area contributed by atoms with Crippen LogP contribution in [-0.2, 0) is 20.9 Å². The molecule has 0 atom stereocenters. The molecule has 0 bridgehead atoms. The largest absolute Gasteiger partial charge is 0.497 e. The standard InChI is InChI=1S/C22H25N3O5/c1-28-18-10-16(11-19(12-18)29-2)14-25(15-22(27)30-3)9-8-21(26)24-20-7-5-4-6-17(20)13-23/h4-7,10-12H,8-9,14-15H2,1-3H3,(H,24,26). The molecule has 0 unspecified atom stereocenters. The summed E-state index contributed by atoms with van der Waals surface area (Å²) in [6.07, 6.45) is 0.137. The molecule has 30 heavy (non-hydrogen) atoms. The summed E-state index contributed by atoms with van der Waals surface area (Å²) in [5.74, 6) is 0.609. The van der Waals surface area contributed by atoms with Crippen LogP contribution in [0.25, 0.3) is 0 Å². The second kappa shape index (κ2) is 11.4. The number of ether oxygens (including phenoxy) is 3. The highest BCUT2D eigenvalue weighted by molar-refractivity contribution is 5.92. The minimum absolute atomic E-state index is 0.0259. The summed E-state index contributed by atoms with van der Waals surface area (Å²) >= 11 is 0. The number of hydrogen-bond donors (Lipinski definition) is 1. The van der Waals surface area contributed by atoms with Crippen LogP contribution in [0.15, 0.2) is 42.5 Å². The van der Waals surface area contributed by atoms with E-state index in [1.807, 2.05) is 18.2 Å². The molecule has 0 aromatic heterocycles. The first kappa shape index (κ1) is 22.7. The number of methoxy groups -OCH3 is 3. The first-order valence-electron chi connectivity index (χ1n) is 9.29. The molecule has 0 aliphatic rings. The molecule has 158 valence electrons. The predicted molar refractivity (Wildman–Crippen MR) is 111 cm³/mol. The Morgan fingerprint density at radius 2 is 1.73 bits per heavy atom. The maximum Gasteiger partial charge on any atom is 0.319 e. The lowest BCUT2D eigenvalue weighted by molar-refractivity contribution is -0.142. The zero-order chi connectivity index (χ0) is 21.9. The number of benzene rings is 2. The fraction of sp³-hybridized carbons (Fsp3) is 0.318. The van der Waals surface area contributed by atoms with E-state index in [1.54, 1.807) is 49.5 Å². The van der Waals surface area contributed by atoms with E-state index >= 15 is 0 Å². The van der Waals surface area contributed by atoms with Crippen LogP contribution in [0.3, 0.4) is 0 Å². The monoisotopic (exact) mass is 411 g/mol. The topological polar surface area (TPSA) is 101 Å². The lowest BCUT2D eigenvalue weighted by Gasteiger charge is -2.21. The lowest BCUT2D eigenvalue weighted by atomic mass is 10.1. The Hall–Kier alpha value is -3.57. The van der Waals surface area contributed by atoms with Gasteiger partial charge in [-0.05, 0) is 29.8 Å². The average molecular weight is 411 g/mol. The Morgan fingerprint density at radius 1 is 1.07 bits per heavy atom. The second-order valence-electron chi connectivity index (χ2n) is 6.46. The first-order valence-corrected chi connectivity index (χ1v) is 9.29. The molecule has 2 aromatic rings. The highest BCUT2D eigenvalue weighted by atomic mass is 16.5. The van der Waals surface area contributed by atoms with Crippen molar-refractivity contribution in [2.75, 3.05) is 39.7 Å². The molecule has 8 nitrogen and oxygen atoms in total. The van der Waals surface area contributed by atoms with Crippen LogP contribution in [0, 0.1) is 11.3 Å². The fourth-order valence-electron chi connectivity index (χ4n) is 2.84. The summed E-state index contributed by atoms with van der Waals surface area (Å²) in [4.78, 5) is 26.0. The Bertz CT molecular complexity index is 901. The van der Waals surface area contributed by atoms with E-state index in [-0.39, 0.29) is 18.9 Å². The Labute approximate surface area is 176 Å². The van der Waals surface area contributed by atoms with E-state index in [1.165, 1.54) is 7.11 Å². The highest BCUT2D eigenvalue weighted by Gasteiger charge is 2.15. The molecule has 1 N–H and O–H groups in total. The Kier molecular flexibility index (Phi) is 8.66. The maximum atomic E-state index is 12.4. The van der Waals surface area contributed by atoms with E-state index in [0.717, 1.165) is 5.56 Å². The average Bonchev–Trinajstić information content (AvgIpc) is 2.77. The molecule has 0 aliphatic carbocycles. The van der Waals surface area contributed by atoms with Crippen LogP contribution in [0.1, 0.15) is 17.5 Å². The van der Waals surface area contributed by atoms with Crippen LogP contribution >= 0.6 is 0 Å². The molecule has 2 aromatic carbocycles. The van der Waals surface area contributed by atoms with Gasteiger partial charge in [0.05, 0.1) is 39.1 Å². The second-order valence-corrected chi connectivity index (χ2v) is 6.46. The zero-order valence-electron chi connectivity index (χ0n) is 17.3. The normalized spacial score (nSPS) is 10.2. The minimum atomic E-state index is -0.403. The number of carbonyl (C=O) groups excluding carboxylic acids is 2. The van der Waals surface area contributed by atoms with E-state index < -0.39 is 5.97 Å². The van der Waals surface area contributed by atoms with Crippen molar-refractivity contribution in [3.63, 3.8) is 0 Å². The van der Waals surface area contributed by atoms with E-state index in [2.05, 4.69) is 5.32 Å². The molecule has 0 radical (unpaired) electrons. The van der Waals surface area contributed by atoms with Crippen molar-refractivity contribution in [2.24, 2.45) is 0 Å². The highest BCUT2D eigenvalue weighted by Crippen LogP contribution is 2.23. The molecule has 2 rings (SSSR count). The van der Waals surface area contributed by atoms with Gasteiger partial charge in [-0.2, -0.15) is 5.26 Å². The summed E-state index contributed by atoms with van der Waals surface area (Å²) in [7, 11) is 4.45. The van der Waals surface area contributed by atoms with Crippen molar-refractivity contribution in [3.8, 4) is 17.6 Å². The third-order valence-electron chi connectivity index (χ3n) is 4.37. The van der Waals surface area contributed by atoms with Crippen LogP contribution in [-0.4, -0.2) is 51.2 Å². The van der Waals surface area contributed by atoms with E-state index in [4.69, 9.17) is 19.5 Å². The smallest absolute Gasteiger partial charge is 0.319 e. The van der Waals surface area contributed by atoms with Crippen molar-refractivity contribution in [1.82, 2.24) is 4.90 Å². The third-order valence-corrected chi connectivity index (χ3v) is 4.37. The number of anilines is 1. The van der Waals surface area contributed by atoms with Gasteiger partial charge in [0, 0.05) is 25.6 Å². The van der Waals surface area contributed by atoms with Crippen molar-refractivity contribution >= 4 is 17.6 Å². The Morgan fingerprint density at radius 3 is 2.33 bits per heavy atom. The molecule has 0 fully saturated rings. The molecular weight excluding hydrogens is 386 g/mol. The first-order chi connectivity index (χ1) is 14.5. The number of para-hydroxylation sites is 1. The summed E-state index contributed by atoms with van der Waals surface area (Å²) in [5, 5.41) is 11.9. The van der Waals surface area contributed by atoms with Gasteiger partial charge in [0.1, 0.15) is 17.6 Å². The summed E-state index contributed by atoms with van der Waals surface area (Å²) < 4.78 is 15.3. The predicted octanol–water partition coefficient (Wildman–Crippen LogP) is 2.58. The number of nitrogens with one attached hydrogen (secondary N) is 1. The Balaban J connectivity index is 2.07. The molecule has 0 spiro atoms. The van der Waals surface area contributed by atoms with Crippen LogP contribution in [0.5, 0.6) is 11.5 Å². The van der Waals surface area contributed by atoms with Crippen molar-refractivity contribution in [1.29, 1.82) is 5.26 Å². The van der Waals surface area contributed by atoms with Gasteiger partial charge in [0.25, 0.3) is 0 Å². The summed E-state index contributed by atoms with van der Waals surface area (Å²) in [5.41, 5.74) is 1.72. The molecule has 0 aliphatic heterocycles. The van der Waals surface area contributed by atoms with Crippen LogP contribution in [0.4, 0.5) is 5.69 Å². The number of amides is 1. The molecule has 0 saturated heterocycles. The number of nitrogens with zero attached hydrogens (tertiary/aromatic N) is 2. The van der Waals surface area contributed by atoms with Crippen molar-refractivity contribution in [3.05, 3.63) is 53.6 Å². The fourth-order valence-corrected chi connectivity index (χ4v) is 2.84. The lowest BCUT2D eigenvalue weighted by Crippen LogP contribution is -2.33. The molecule has 0 saturated carbocycles. The number of nitriles is 1. The van der Waals surface area contributed by atoms with Crippen LogP contribution in [0.2, 0.25) is 0 Å². The quantitative estimate of drug-likeness (QED) is 0.600. The van der Waals surface area contributed by atoms with Gasteiger partial charge in [0.2, 0.25) is 5.91 Å². The van der Waals surface area contributed by atoms with Crippen molar-refractivity contribution in [2.45, 2.75) is 13.0 Å². The van der Waals surface area contributed by atoms with Gasteiger partial charge in [-0.15, -0.1) is 0 Å². The number of carbonyl (C=O) groups is 2. The van der Waals surface area contributed by atoms with Gasteiger partial charge in [-0.1, -0.05) is 12.1 Å². The summed E-state index contributed by atoms with van der Waals surface area (Å²) in [6, 6.07) is 14.3. The van der Waals surface area contributed by atoms with Gasteiger partial charge in [-0.3, -0.25) is 14.5 Å². The number of esters is 1. The van der Waals surface area contributed by atoms with Crippen molar-refractivity contribution < 1.29 is 23.8 Å².